The highest BCUT2D eigenvalue weighted by Gasteiger charge is 2.17. The smallest absolute Gasteiger partial charge is 0.269 e. The van der Waals surface area contributed by atoms with Crippen LogP contribution in [0.3, 0.4) is 0 Å². The fraction of sp³-hybridized carbons (Fsp3) is 0.150. The van der Waals surface area contributed by atoms with Gasteiger partial charge in [-0.2, -0.15) is 0 Å². The van der Waals surface area contributed by atoms with E-state index >= 15 is 0 Å². The molecule has 0 aliphatic heterocycles. The molecule has 2 amide bonds. The largest absolute Gasteiger partial charge is 0.493 e. The van der Waals surface area contributed by atoms with Crippen molar-refractivity contribution in [2.75, 3.05) is 21.3 Å². The average Bonchev–Trinajstić information content (AvgIpc) is 2.80. The number of nitrogens with one attached hydrogen (secondary N) is 3. The number of hydrogen-bond acceptors (Lipinski definition) is 8. The summed E-state index contributed by atoms with van der Waals surface area (Å²) in [7, 11) is 4.29. The lowest BCUT2D eigenvalue weighted by molar-refractivity contribution is -0.384. The summed E-state index contributed by atoms with van der Waals surface area (Å²) < 4.78 is 15.6. The van der Waals surface area contributed by atoms with Gasteiger partial charge in [-0.3, -0.25) is 35.9 Å². The Balaban J connectivity index is 1.92. The number of carbonyl (C=O) groups is 2. The summed E-state index contributed by atoms with van der Waals surface area (Å²) in [5.41, 5.74) is 5.48. The highest BCUT2D eigenvalue weighted by molar-refractivity contribution is 7.80. The summed E-state index contributed by atoms with van der Waals surface area (Å²) in [5, 5.41) is 12.8. The molecule has 0 bridgehead atoms. The molecule has 12 heteroatoms. The Bertz CT molecular complexity index is 1030. The average molecular weight is 460 g/mol. The fourth-order valence-electron chi connectivity index (χ4n) is 2.46. The second kappa shape index (κ2) is 11.3. The molecule has 0 radical (unpaired) electrons. The molecule has 0 fully saturated rings. The van der Waals surface area contributed by atoms with E-state index in [0.29, 0.717) is 22.8 Å². The predicted octanol–water partition coefficient (Wildman–Crippen LogP) is 1.97. The molecule has 0 saturated carbocycles. The molecule has 11 nitrogen and oxygen atoms in total. The van der Waals surface area contributed by atoms with Crippen molar-refractivity contribution in [3.8, 4) is 17.2 Å². The summed E-state index contributed by atoms with van der Waals surface area (Å²) in [6.07, 6.45) is 2.65. The van der Waals surface area contributed by atoms with E-state index in [2.05, 4.69) is 16.2 Å². The van der Waals surface area contributed by atoms with Crippen molar-refractivity contribution < 1.29 is 28.7 Å². The molecule has 0 aliphatic carbocycles. The standard InChI is InChI=1S/C20H20N4O7S/c1-29-15-10-13(11-16(30-2)18(15)31-3)19(26)22-23-20(32)21-17(25)9-6-12-4-7-14(8-5-12)24(27)28/h4-11H,1-3H3,(H,22,26)(H2,21,23,25,32)/b9-6+. The van der Waals surface area contributed by atoms with Crippen LogP contribution in [0.1, 0.15) is 15.9 Å². The molecule has 2 rings (SSSR count). The van der Waals surface area contributed by atoms with Gasteiger partial charge in [0.15, 0.2) is 16.6 Å². The molecule has 2 aromatic carbocycles. The Morgan fingerprint density at radius 2 is 1.59 bits per heavy atom. The van der Waals surface area contributed by atoms with Gasteiger partial charge in [0, 0.05) is 23.8 Å². The normalized spacial score (nSPS) is 10.2. The lowest BCUT2D eigenvalue weighted by atomic mass is 10.1. The van der Waals surface area contributed by atoms with Gasteiger partial charge in [-0.15, -0.1) is 0 Å². The molecule has 32 heavy (non-hydrogen) atoms. The van der Waals surface area contributed by atoms with E-state index in [4.69, 9.17) is 26.4 Å². The van der Waals surface area contributed by atoms with Crippen LogP contribution in [0.5, 0.6) is 17.2 Å². The molecule has 3 N–H and O–H groups in total. The maximum atomic E-state index is 12.4. The third kappa shape index (κ3) is 6.40. The van der Waals surface area contributed by atoms with E-state index in [9.17, 15) is 19.7 Å². The van der Waals surface area contributed by atoms with Gasteiger partial charge in [0.05, 0.1) is 26.3 Å². The molecule has 2 aromatic rings. The van der Waals surface area contributed by atoms with Crippen molar-refractivity contribution in [2.24, 2.45) is 0 Å². The first kappa shape index (κ1) is 24.1. The number of nitro benzene ring substituents is 1. The molecule has 0 heterocycles. The topological polar surface area (TPSA) is 141 Å². The fourth-order valence-corrected chi connectivity index (χ4v) is 2.61. The lowest BCUT2D eigenvalue weighted by Gasteiger charge is -2.14. The first-order chi connectivity index (χ1) is 15.3. The number of ether oxygens (including phenoxy) is 3. The molecule has 0 aliphatic rings. The number of non-ortho nitro benzene ring substituents is 1. The number of hydrazine groups is 1. The number of carbonyl (C=O) groups excluding carboxylic acids is 2. The van der Waals surface area contributed by atoms with Crippen molar-refractivity contribution in [3.63, 3.8) is 0 Å². The van der Waals surface area contributed by atoms with Gasteiger partial charge in [-0.25, -0.2) is 0 Å². The number of amides is 2. The van der Waals surface area contributed by atoms with Crippen LogP contribution in [0.25, 0.3) is 6.08 Å². The Kier molecular flexibility index (Phi) is 8.48. The molecule has 0 unspecified atom stereocenters. The maximum absolute atomic E-state index is 12.4. The number of nitro groups is 1. The van der Waals surface area contributed by atoms with Crippen LogP contribution in [0.4, 0.5) is 5.69 Å². The van der Waals surface area contributed by atoms with Crippen molar-refractivity contribution in [3.05, 3.63) is 63.7 Å². The highest BCUT2D eigenvalue weighted by Crippen LogP contribution is 2.38. The quantitative estimate of drug-likeness (QED) is 0.245. The van der Waals surface area contributed by atoms with Crippen LogP contribution in [-0.2, 0) is 4.79 Å². The van der Waals surface area contributed by atoms with E-state index in [1.165, 1.54) is 69.9 Å². The van der Waals surface area contributed by atoms with E-state index < -0.39 is 16.7 Å². The second-order valence-corrected chi connectivity index (χ2v) is 6.40. The van der Waals surface area contributed by atoms with Gasteiger partial charge in [0.25, 0.3) is 11.6 Å². The van der Waals surface area contributed by atoms with Crippen LogP contribution >= 0.6 is 12.2 Å². The monoisotopic (exact) mass is 460 g/mol. The number of nitrogens with zero attached hydrogens (tertiary/aromatic N) is 1. The van der Waals surface area contributed by atoms with E-state index in [1.807, 2.05) is 0 Å². The highest BCUT2D eigenvalue weighted by atomic mass is 32.1. The summed E-state index contributed by atoms with van der Waals surface area (Å²) in [6, 6.07) is 8.54. The first-order valence-corrected chi connectivity index (χ1v) is 9.33. The predicted molar refractivity (Wildman–Crippen MR) is 120 cm³/mol. The van der Waals surface area contributed by atoms with Crippen molar-refractivity contribution in [1.29, 1.82) is 0 Å². The summed E-state index contributed by atoms with van der Waals surface area (Å²) in [6.45, 7) is 0. The summed E-state index contributed by atoms with van der Waals surface area (Å²) >= 11 is 4.98. The zero-order valence-electron chi connectivity index (χ0n) is 17.3. The van der Waals surface area contributed by atoms with E-state index in [0.717, 1.165) is 0 Å². The molecular weight excluding hydrogens is 440 g/mol. The number of rotatable bonds is 7. The minimum Gasteiger partial charge on any atom is -0.493 e. The molecule has 0 atom stereocenters. The molecule has 0 aromatic heterocycles. The van der Waals surface area contributed by atoms with Gasteiger partial charge in [-0.05, 0) is 48.1 Å². The van der Waals surface area contributed by atoms with Crippen LogP contribution in [0, 0.1) is 10.1 Å². The summed E-state index contributed by atoms with van der Waals surface area (Å²) in [4.78, 5) is 34.5. The molecule has 168 valence electrons. The SMILES string of the molecule is COc1cc(C(=O)NNC(=S)NC(=O)/C=C/c2ccc([N+](=O)[O-])cc2)cc(OC)c1OC. The third-order valence-corrected chi connectivity index (χ3v) is 4.19. The lowest BCUT2D eigenvalue weighted by Crippen LogP contribution is -2.48. The van der Waals surface area contributed by atoms with Crippen LogP contribution in [-0.4, -0.2) is 43.2 Å². The zero-order valence-corrected chi connectivity index (χ0v) is 18.1. The van der Waals surface area contributed by atoms with Gasteiger partial charge in [0.2, 0.25) is 11.7 Å². The van der Waals surface area contributed by atoms with Gasteiger partial charge < -0.3 is 14.2 Å². The first-order valence-electron chi connectivity index (χ1n) is 8.92. The van der Waals surface area contributed by atoms with Gasteiger partial charge in [0.1, 0.15) is 0 Å². The minimum atomic E-state index is -0.567. The molecule has 0 spiro atoms. The van der Waals surface area contributed by atoms with Crippen molar-refractivity contribution in [2.45, 2.75) is 0 Å². The Labute approximate surface area is 188 Å². The van der Waals surface area contributed by atoms with Crippen molar-refractivity contribution in [1.82, 2.24) is 16.2 Å². The number of methoxy groups -OCH3 is 3. The summed E-state index contributed by atoms with van der Waals surface area (Å²) in [5.74, 6) is -0.208. The molecule has 0 saturated heterocycles. The van der Waals surface area contributed by atoms with Gasteiger partial charge >= 0.3 is 0 Å². The molecular formula is C20H20N4O7S. The van der Waals surface area contributed by atoms with Crippen molar-refractivity contribution >= 4 is 40.9 Å². The van der Waals surface area contributed by atoms with Crippen LogP contribution in [0.15, 0.2) is 42.5 Å². The Hall–Kier alpha value is -4.19. The number of thiocarbonyl (C=S) groups is 1. The Morgan fingerprint density at radius 3 is 2.09 bits per heavy atom. The maximum Gasteiger partial charge on any atom is 0.269 e. The Morgan fingerprint density at radius 1 is 1.00 bits per heavy atom. The van der Waals surface area contributed by atoms with Gasteiger partial charge in [-0.1, -0.05) is 0 Å². The number of benzene rings is 2. The van der Waals surface area contributed by atoms with E-state index in [-0.39, 0.29) is 16.4 Å². The van der Waals surface area contributed by atoms with E-state index in [1.54, 1.807) is 0 Å². The zero-order chi connectivity index (χ0) is 23.7. The third-order valence-electron chi connectivity index (χ3n) is 3.98. The second-order valence-electron chi connectivity index (χ2n) is 5.99. The minimum absolute atomic E-state index is 0.0557. The van der Waals surface area contributed by atoms with Crippen LogP contribution in [0.2, 0.25) is 0 Å². The van der Waals surface area contributed by atoms with Crippen LogP contribution < -0.4 is 30.4 Å². The number of hydrogen-bond donors (Lipinski definition) is 3.